The third-order valence-corrected chi connectivity index (χ3v) is 1.96. The minimum absolute atomic E-state index is 0.0574. The van der Waals surface area contributed by atoms with E-state index in [1.54, 1.807) is 4.90 Å². The van der Waals surface area contributed by atoms with Gasteiger partial charge in [0.1, 0.15) is 0 Å². The molecule has 0 spiro atoms. The molecular formula is C9H18BF3N-. The number of hydrogen-bond acceptors (Lipinski definition) is 1. The van der Waals surface area contributed by atoms with Crippen LogP contribution in [0.2, 0.25) is 0 Å². The van der Waals surface area contributed by atoms with Gasteiger partial charge in [0.15, 0.2) is 0 Å². The van der Waals surface area contributed by atoms with Crippen molar-refractivity contribution in [2.24, 2.45) is 5.92 Å². The Morgan fingerprint density at radius 2 is 1.86 bits per heavy atom. The van der Waals surface area contributed by atoms with Crippen LogP contribution < -0.4 is 0 Å². The van der Waals surface area contributed by atoms with Gasteiger partial charge in [-0.3, -0.25) is 0 Å². The molecular weight excluding hydrogens is 190 g/mol. The molecule has 0 aliphatic carbocycles. The van der Waals surface area contributed by atoms with Crippen molar-refractivity contribution in [3.63, 3.8) is 0 Å². The highest BCUT2D eigenvalue weighted by molar-refractivity contribution is 6.66. The predicted molar refractivity (Wildman–Crippen MR) is 55.2 cm³/mol. The average Bonchev–Trinajstić information content (AvgIpc) is 2.00. The first kappa shape index (κ1) is 13.6. The van der Waals surface area contributed by atoms with Crippen molar-refractivity contribution in [2.75, 3.05) is 19.6 Å². The van der Waals surface area contributed by atoms with Crippen LogP contribution in [0.4, 0.5) is 12.9 Å². The van der Waals surface area contributed by atoms with E-state index in [2.05, 4.69) is 6.58 Å². The molecule has 0 aromatic rings. The van der Waals surface area contributed by atoms with Gasteiger partial charge in [0.2, 0.25) is 0 Å². The van der Waals surface area contributed by atoms with E-state index in [-0.39, 0.29) is 6.54 Å². The fourth-order valence-corrected chi connectivity index (χ4v) is 1.21. The van der Waals surface area contributed by atoms with Gasteiger partial charge in [0, 0.05) is 6.54 Å². The molecule has 0 N–H and O–H groups in total. The summed E-state index contributed by atoms with van der Waals surface area (Å²) >= 11 is 0. The Hall–Kier alpha value is -0.445. The number of halogens is 3. The first-order valence-corrected chi connectivity index (χ1v) is 4.87. The summed E-state index contributed by atoms with van der Waals surface area (Å²) < 4.78 is 36.7. The minimum Gasteiger partial charge on any atom is -0.445 e. The molecule has 0 aliphatic rings. The van der Waals surface area contributed by atoms with E-state index >= 15 is 0 Å². The Bertz CT molecular complexity index is 189. The summed E-state index contributed by atoms with van der Waals surface area (Å²) in [6.07, 6.45) is 0. The van der Waals surface area contributed by atoms with Gasteiger partial charge in [-0.1, -0.05) is 20.8 Å². The summed E-state index contributed by atoms with van der Waals surface area (Å²) in [4.78, 5) is 1.77. The zero-order valence-electron chi connectivity index (χ0n) is 9.06. The summed E-state index contributed by atoms with van der Waals surface area (Å²) in [5, 5.41) is 0. The Morgan fingerprint density at radius 3 is 2.14 bits per heavy atom. The third-order valence-electron chi connectivity index (χ3n) is 1.96. The molecule has 0 aromatic heterocycles. The van der Waals surface area contributed by atoms with Gasteiger partial charge >= 0.3 is 6.98 Å². The van der Waals surface area contributed by atoms with Crippen molar-refractivity contribution >= 4 is 6.98 Å². The van der Waals surface area contributed by atoms with E-state index in [1.807, 2.05) is 20.8 Å². The van der Waals surface area contributed by atoms with Gasteiger partial charge < -0.3 is 17.8 Å². The van der Waals surface area contributed by atoms with Crippen LogP contribution in [0.3, 0.4) is 0 Å². The number of hydrogen-bond donors (Lipinski definition) is 0. The van der Waals surface area contributed by atoms with E-state index in [0.717, 1.165) is 0 Å². The molecule has 1 nitrogen and oxygen atoms in total. The second kappa shape index (κ2) is 5.44. The lowest BCUT2D eigenvalue weighted by Gasteiger charge is -2.27. The maximum absolute atomic E-state index is 12.2. The molecule has 0 fully saturated rings. The number of nitrogens with zero attached hydrogens (tertiary/aromatic N) is 1. The van der Waals surface area contributed by atoms with Crippen molar-refractivity contribution in [2.45, 2.75) is 20.8 Å². The highest BCUT2D eigenvalue weighted by Crippen LogP contribution is 2.19. The molecule has 0 unspecified atom stereocenters. The molecule has 84 valence electrons. The lowest BCUT2D eigenvalue weighted by molar-refractivity contribution is 0.275. The predicted octanol–water partition coefficient (Wildman–Crippen LogP) is 2.91. The van der Waals surface area contributed by atoms with Crippen LogP contribution in [-0.2, 0) is 0 Å². The van der Waals surface area contributed by atoms with Gasteiger partial charge in [0.25, 0.3) is 0 Å². The van der Waals surface area contributed by atoms with Crippen LogP contribution in [-0.4, -0.2) is 31.5 Å². The van der Waals surface area contributed by atoms with E-state index in [9.17, 15) is 12.9 Å². The molecule has 0 atom stereocenters. The summed E-state index contributed by atoms with van der Waals surface area (Å²) in [5.74, 6) is 0.378. The highest BCUT2D eigenvalue weighted by atomic mass is 19.4. The van der Waals surface area contributed by atoms with Crippen molar-refractivity contribution in [3.8, 4) is 0 Å². The Morgan fingerprint density at radius 1 is 1.36 bits per heavy atom. The van der Waals surface area contributed by atoms with E-state index in [0.29, 0.717) is 19.0 Å². The van der Waals surface area contributed by atoms with Crippen molar-refractivity contribution in [1.82, 2.24) is 4.90 Å². The highest BCUT2D eigenvalue weighted by Gasteiger charge is 2.27. The normalized spacial score (nSPS) is 12.6. The van der Waals surface area contributed by atoms with Crippen LogP contribution in [0.15, 0.2) is 12.1 Å². The monoisotopic (exact) mass is 208 g/mol. The first-order valence-electron chi connectivity index (χ1n) is 4.87. The zero-order chi connectivity index (χ0) is 11.4. The van der Waals surface area contributed by atoms with Gasteiger partial charge in [-0.25, -0.2) is 0 Å². The van der Waals surface area contributed by atoms with Gasteiger partial charge in [-0.2, -0.15) is 0 Å². The topological polar surface area (TPSA) is 3.24 Å². The molecule has 0 saturated carbocycles. The van der Waals surface area contributed by atoms with Crippen LogP contribution in [0.25, 0.3) is 0 Å². The zero-order valence-corrected chi connectivity index (χ0v) is 9.06. The SMILES string of the molecule is C=C(CN(CC)CC(C)C)[B-](F)(F)F. The van der Waals surface area contributed by atoms with E-state index < -0.39 is 12.4 Å². The molecule has 0 aliphatic heterocycles. The van der Waals surface area contributed by atoms with E-state index in [1.165, 1.54) is 0 Å². The molecule has 14 heavy (non-hydrogen) atoms. The summed E-state index contributed by atoms with van der Waals surface area (Å²) in [5.41, 5.74) is -0.604. The lowest BCUT2D eigenvalue weighted by atomic mass is 9.80. The molecule has 0 bridgehead atoms. The first-order chi connectivity index (χ1) is 6.27. The fourth-order valence-electron chi connectivity index (χ4n) is 1.21. The summed E-state index contributed by atoms with van der Waals surface area (Å²) in [6, 6.07) is 0. The molecule has 5 heteroatoms. The Labute approximate surface area is 84.0 Å². The largest absolute Gasteiger partial charge is 0.506 e. The van der Waals surface area contributed by atoms with Crippen molar-refractivity contribution in [1.29, 1.82) is 0 Å². The second-order valence-electron chi connectivity index (χ2n) is 3.95. The number of rotatable bonds is 6. The van der Waals surface area contributed by atoms with Crippen LogP contribution in [0, 0.1) is 5.92 Å². The molecule has 0 amide bonds. The third kappa shape index (κ3) is 5.32. The lowest BCUT2D eigenvalue weighted by Crippen LogP contribution is -2.34. The smallest absolute Gasteiger partial charge is 0.445 e. The average molecular weight is 208 g/mol. The van der Waals surface area contributed by atoms with Crippen LogP contribution >= 0.6 is 0 Å². The minimum atomic E-state index is -4.87. The van der Waals surface area contributed by atoms with Crippen LogP contribution in [0.5, 0.6) is 0 Å². The van der Waals surface area contributed by atoms with Gasteiger partial charge in [0.05, 0.1) is 0 Å². The Kier molecular flexibility index (Phi) is 5.27. The molecule has 0 aromatic carbocycles. The van der Waals surface area contributed by atoms with Crippen molar-refractivity contribution in [3.05, 3.63) is 12.1 Å². The van der Waals surface area contributed by atoms with Gasteiger partial charge in [-0.15, -0.1) is 12.1 Å². The summed E-state index contributed by atoms with van der Waals surface area (Å²) in [7, 11) is 0. The quantitative estimate of drug-likeness (QED) is 0.606. The fraction of sp³-hybridized carbons (Fsp3) is 0.778. The molecule has 0 rings (SSSR count). The standard InChI is InChI=1S/C9H18BF3N/c1-5-14(6-8(2)3)7-9(4)10(11,12)13/h8H,4-7H2,1-3H3/q-1. The Balaban J connectivity index is 4.12. The van der Waals surface area contributed by atoms with Crippen molar-refractivity contribution < 1.29 is 12.9 Å². The number of likely N-dealkylation sites (N-methyl/N-ethyl adjacent to an activating group) is 1. The van der Waals surface area contributed by atoms with E-state index in [4.69, 9.17) is 0 Å². The maximum Gasteiger partial charge on any atom is 0.506 e. The van der Waals surface area contributed by atoms with Gasteiger partial charge in [-0.05, 0) is 19.0 Å². The summed E-state index contributed by atoms with van der Waals surface area (Å²) in [6.45, 7) is 5.30. The molecule has 0 radical (unpaired) electrons. The maximum atomic E-state index is 12.2. The second-order valence-corrected chi connectivity index (χ2v) is 3.95. The molecule has 0 heterocycles. The van der Waals surface area contributed by atoms with Crippen LogP contribution in [0.1, 0.15) is 20.8 Å². The molecule has 0 saturated heterocycles.